The molecule has 0 aliphatic carbocycles. The molecule has 1 spiro atoms. The number of nitrogens with one attached hydrogen (secondary N) is 1. The third-order valence-electron chi connectivity index (χ3n) is 5.10. The summed E-state index contributed by atoms with van der Waals surface area (Å²) < 4.78 is 6.14. The third kappa shape index (κ3) is 3.53. The second kappa shape index (κ2) is 6.99. The first-order valence-corrected chi connectivity index (χ1v) is 9.04. The maximum Gasteiger partial charge on any atom is 0.272 e. The average Bonchev–Trinajstić information content (AvgIpc) is 3.05. The summed E-state index contributed by atoms with van der Waals surface area (Å²) in [6, 6.07) is 7.60. The standard InChI is InChI=1S/C19H23N5O2/c1-14-4-2-5-16(22-14)17(25)24-10-7-19(13-24)12-15(6-11-26-19)23-18-20-8-3-9-21-18/h2-5,8-9,15H,6-7,10-13H2,1H3,(H,20,21,23)/t15-,19-/m0/s1. The molecule has 136 valence electrons. The Morgan fingerprint density at radius 2 is 2.15 bits per heavy atom. The van der Waals surface area contributed by atoms with Gasteiger partial charge in [0.05, 0.1) is 12.1 Å². The Hall–Kier alpha value is -2.54. The normalized spacial score (nSPS) is 25.4. The first kappa shape index (κ1) is 16.9. The van der Waals surface area contributed by atoms with Gasteiger partial charge in [-0.05, 0) is 44.4 Å². The summed E-state index contributed by atoms with van der Waals surface area (Å²) in [6.07, 6.45) is 6.06. The van der Waals surface area contributed by atoms with E-state index in [-0.39, 0.29) is 17.6 Å². The van der Waals surface area contributed by atoms with Crippen LogP contribution in [0.4, 0.5) is 5.95 Å². The maximum absolute atomic E-state index is 12.8. The Bertz CT molecular complexity index is 785. The minimum Gasteiger partial charge on any atom is -0.373 e. The minimum atomic E-state index is -0.288. The number of anilines is 1. The van der Waals surface area contributed by atoms with Gasteiger partial charge in [-0.3, -0.25) is 4.79 Å². The highest BCUT2D eigenvalue weighted by Gasteiger charge is 2.45. The molecular formula is C19H23N5O2. The van der Waals surface area contributed by atoms with Crippen LogP contribution in [0.3, 0.4) is 0 Å². The molecular weight excluding hydrogens is 330 g/mol. The van der Waals surface area contributed by atoms with Gasteiger partial charge in [0.25, 0.3) is 5.91 Å². The van der Waals surface area contributed by atoms with E-state index in [1.807, 2.05) is 24.0 Å². The van der Waals surface area contributed by atoms with Crippen LogP contribution in [0.5, 0.6) is 0 Å². The quantitative estimate of drug-likeness (QED) is 0.910. The molecule has 1 amide bonds. The van der Waals surface area contributed by atoms with E-state index in [4.69, 9.17) is 4.74 Å². The van der Waals surface area contributed by atoms with Gasteiger partial charge in [-0.2, -0.15) is 0 Å². The molecule has 2 aromatic rings. The molecule has 2 aliphatic heterocycles. The Morgan fingerprint density at radius 1 is 1.31 bits per heavy atom. The molecule has 2 aromatic heterocycles. The van der Waals surface area contributed by atoms with Gasteiger partial charge < -0.3 is 15.0 Å². The number of rotatable bonds is 3. The minimum absolute atomic E-state index is 0.0179. The monoisotopic (exact) mass is 353 g/mol. The lowest BCUT2D eigenvalue weighted by atomic mass is 9.89. The molecule has 1 N–H and O–H groups in total. The average molecular weight is 353 g/mol. The molecule has 7 heteroatoms. The molecule has 0 aromatic carbocycles. The number of pyridine rings is 1. The predicted octanol–water partition coefficient (Wildman–Crippen LogP) is 2.06. The molecule has 0 bridgehead atoms. The van der Waals surface area contributed by atoms with Crippen LogP contribution in [0.15, 0.2) is 36.7 Å². The van der Waals surface area contributed by atoms with Gasteiger partial charge in [0.1, 0.15) is 5.69 Å². The van der Waals surface area contributed by atoms with Crippen molar-refractivity contribution < 1.29 is 9.53 Å². The fraction of sp³-hybridized carbons (Fsp3) is 0.474. The zero-order valence-electron chi connectivity index (χ0n) is 14.9. The fourth-order valence-electron chi connectivity index (χ4n) is 3.83. The zero-order valence-corrected chi connectivity index (χ0v) is 14.9. The SMILES string of the molecule is Cc1cccc(C(=O)N2CC[C@]3(C[C@@H](Nc4ncccn4)CCO3)C2)n1. The van der Waals surface area contributed by atoms with Crippen LogP contribution in [0.25, 0.3) is 0 Å². The van der Waals surface area contributed by atoms with E-state index in [1.165, 1.54) is 0 Å². The number of amides is 1. The van der Waals surface area contributed by atoms with Crippen LogP contribution in [0, 0.1) is 6.92 Å². The Balaban J connectivity index is 1.42. The summed E-state index contributed by atoms with van der Waals surface area (Å²) >= 11 is 0. The summed E-state index contributed by atoms with van der Waals surface area (Å²) in [5.74, 6) is 0.625. The van der Waals surface area contributed by atoms with Crippen LogP contribution < -0.4 is 5.32 Å². The van der Waals surface area contributed by atoms with Crippen LogP contribution in [0.1, 0.15) is 35.4 Å². The van der Waals surface area contributed by atoms with Crippen molar-refractivity contribution in [3.63, 3.8) is 0 Å². The van der Waals surface area contributed by atoms with E-state index < -0.39 is 0 Å². The molecule has 0 saturated carbocycles. The highest BCUT2D eigenvalue weighted by atomic mass is 16.5. The molecule has 7 nitrogen and oxygen atoms in total. The highest BCUT2D eigenvalue weighted by molar-refractivity contribution is 5.92. The molecule has 0 radical (unpaired) electrons. The molecule has 2 fully saturated rings. The van der Waals surface area contributed by atoms with E-state index in [1.54, 1.807) is 24.5 Å². The van der Waals surface area contributed by atoms with Crippen molar-refractivity contribution in [1.29, 1.82) is 0 Å². The second-order valence-corrected chi connectivity index (χ2v) is 7.08. The smallest absolute Gasteiger partial charge is 0.272 e. The molecule has 4 rings (SSSR count). The number of ether oxygens (including phenoxy) is 1. The Morgan fingerprint density at radius 3 is 2.96 bits per heavy atom. The van der Waals surface area contributed by atoms with E-state index in [2.05, 4.69) is 20.3 Å². The van der Waals surface area contributed by atoms with Crippen LogP contribution in [-0.2, 0) is 4.74 Å². The van der Waals surface area contributed by atoms with Gasteiger partial charge in [-0.1, -0.05) is 6.07 Å². The summed E-state index contributed by atoms with van der Waals surface area (Å²) in [5.41, 5.74) is 1.07. The molecule has 0 unspecified atom stereocenters. The van der Waals surface area contributed by atoms with Crippen molar-refractivity contribution in [2.45, 2.75) is 37.8 Å². The fourth-order valence-corrected chi connectivity index (χ4v) is 3.83. The van der Waals surface area contributed by atoms with Crippen molar-refractivity contribution in [3.05, 3.63) is 48.0 Å². The van der Waals surface area contributed by atoms with Crippen molar-refractivity contribution in [2.24, 2.45) is 0 Å². The van der Waals surface area contributed by atoms with E-state index in [0.29, 0.717) is 31.3 Å². The molecule has 2 atom stereocenters. The molecule has 26 heavy (non-hydrogen) atoms. The van der Waals surface area contributed by atoms with Crippen LogP contribution in [-0.4, -0.2) is 57.1 Å². The van der Waals surface area contributed by atoms with Gasteiger partial charge in [0.15, 0.2) is 0 Å². The van der Waals surface area contributed by atoms with Crippen LogP contribution in [0.2, 0.25) is 0 Å². The third-order valence-corrected chi connectivity index (χ3v) is 5.10. The topological polar surface area (TPSA) is 80.2 Å². The number of carbonyl (C=O) groups excluding carboxylic acids is 1. The lowest BCUT2D eigenvalue weighted by molar-refractivity contribution is -0.0721. The van der Waals surface area contributed by atoms with Crippen molar-refractivity contribution in [2.75, 3.05) is 25.0 Å². The second-order valence-electron chi connectivity index (χ2n) is 7.08. The van der Waals surface area contributed by atoms with Gasteiger partial charge >= 0.3 is 0 Å². The zero-order chi connectivity index (χ0) is 18.0. The van der Waals surface area contributed by atoms with Crippen molar-refractivity contribution >= 4 is 11.9 Å². The summed E-state index contributed by atoms with van der Waals surface area (Å²) in [6.45, 7) is 3.88. The van der Waals surface area contributed by atoms with E-state index >= 15 is 0 Å². The van der Waals surface area contributed by atoms with Gasteiger partial charge in [0, 0.05) is 37.3 Å². The number of carbonyl (C=O) groups is 1. The summed E-state index contributed by atoms with van der Waals surface area (Å²) in [5, 5.41) is 3.40. The number of hydrogen-bond donors (Lipinski definition) is 1. The maximum atomic E-state index is 12.8. The first-order valence-electron chi connectivity index (χ1n) is 9.04. The molecule has 4 heterocycles. The van der Waals surface area contributed by atoms with Gasteiger partial charge in [-0.15, -0.1) is 0 Å². The lowest BCUT2D eigenvalue weighted by Gasteiger charge is -2.38. The first-order chi connectivity index (χ1) is 12.6. The molecule has 2 saturated heterocycles. The summed E-state index contributed by atoms with van der Waals surface area (Å²) in [4.78, 5) is 27.5. The number of hydrogen-bond acceptors (Lipinski definition) is 6. The Kier molecular flexibility index (Phi) is 4.55. The largest absolute Gasteiger partial charge is 0.373 e. The number of nitrogens with zero attached hydrogens (tertiary/aromatic N) is 4. The summed E-state index contributed by atoms with van der Waals surface area (Å²) in [7, 11) is 0. The number of likely N-dealkylation sites (tertiary alicyclic amines) is 1. The van der Waals surface area contributed by atoms with E-state index in [0.717, 1.165) is 25.0 Å². The van der Waals surface area contributed by atoms with Crippen LogP contribution >= 0.6 is 0 Å². The van der Waals surface area contributed by atoms with Crippen molar-refractivity contribution in [3.8, 4) is 0 Å². The lowest BCUT2D eigenvalue weighted by Crippen LogP contribution is -2.47. The van der Waals surface area contributed by atoms with Gasteiger partial charge in [0.2, 0.25) is 5.95 Å². The van der Waals surface area contributed by atoms with Gasteiger partial charge in [-0.25, -0.2) is 15.0 Å². The van der Waals surface area contributed by atoms with Crippen molar-refractivity contribution in [1.82, 2.24) is 19.9 Å². The number of aryl methyl sites for hydroxylation is 1. The molecule has 2 aliphatic rings. The van der Waals surface area contributed by atoms with E-state index in [9.17, 15) is 4.79 Å². The Labute approximate surface area is 152 Å². The highest BCUT2D eigenvalue weighted by Crippen LogP contribution is 2.35. The predicted molar refractivity (Wildman–Crippen MR) is 96.9 cm³/mol. The number of aromatic nitrogens is 3.